The number of likely N-dealkylation sites (tertiary alicyclic amines) is 1. The van der Waals surface area contributed by atoms with Crippen molar-refractivity contribution in [3.05, 3.63) is 35.4 Å². The normalized spacial score (nSPS) is 23.8. The van der Waals surface area contributed by atoms with Crippen LogP contribution in [0.15, 0.2) is 18.6 Å². The molecule has 0 unspecified atom stereocenters. The van der Waals surface area contributed by atoms with Crippen molar-refractivity contribution >= 4 is 11.6 Å². The summed E-state index contributed by atoms with van der Waals surface area (Å²) in [5.74, 6) is 0.157. The maximum atomic E-state index is 13.5. The Morgan fingerprint density at radius 2 is 1.79 bits per heavy atom. The number of halogens is 3. The van der Waals surface area contributed by atoms with Crippen LogP contribution < -0.4 is 14.4 Å². The van der Waals surface area contributed by atoms with Gasteiger partial charge in [0.1, 0.15) is 18.0 Å². The molecule has 1 atom stereocenters. The number of carbonyl (C=O) groups excluding carboxylic acids is 1. The molecule has 38 heavy (non-hydrogen) atoms. The molecular weight excluding hydrogens is 503 g/mol. The summed E-state index contributed by atoms with van der Waals surface area (Å²) in [6.45, 7) is 1.88. The molecule has 0 aromatic carbocycles. The third-order valence-electron chi connectivity index (χ3n) is 7.75. The van der Waals surface area contributed by atoms with E-state index in [-0.39, 0.29) is 30.6 Å². The molecule has 1 saturated carbocycles. The number of aromatic nitrogens is 3. The fourth-order valence-corrected chi connectivity index (χ4v) is 5.60. The Balaban J connectivity index is 1.26. The standard InChI is InChI=1S/C26H32F3N5O4/c1-36-18-5-3-16(4-6-18)25(35)34-9-7-19(13-34)38-23-20-14-33(10-8-22(20)31-15-32-23)17-11-21(26(27,28)29)24(37-2)30-12-17/h11-12,15-16,18-19H,3-10,13-14H2,1-2H3/t16-,18+,19-/m0/s1. The highest BCUT2D eigenvalue weighted by atomic mass is 19.4. The molecule has 4 heterocycles. The fraction of sp³-hybridized carbons (Fsp3) is 0.615. The van der Waals surface area contributed by atoms with Crippen LogP contribution in [0.2, 0.25) is 0 Å². The van der Waals surface area contributed by atoms with Crippen LogP contribution in [-0.2, 0) is 28.7 Å². The molecule has 5 rings (SSSR count). The lowest BCUT2D eigenvalue weighted by molar-refractivity contribution is -0.139. The van der Waals surface area contributed by atoms with Crippen molar-refractivity contribution in [1.29, 1.82) is 0 Å². The lowest BCUT2D eigenvalue weighted by atomic mass is 9.86. The molecule has 1 aliphatic carbocycles. The highest BCUT2D eigenvalue weighted by molar-refractivity contribution is 5.79. The van der Waals surface area contributed by atoms with Crippen molar-refractivity contribution in [2.75, 3.05) is 38.8 Å². The second kappa shape index (κ2) is 10.9. The third kappa shape index (κ3) is 5.50. The number of hydrogen-bond donors (Lipinski definition) is 0. The Morgan fingerprint density at radius 3 is 2.50 bits per heavy atom. The second-order valence-corrected chi connectivity index (χ2v) is 10.0. The highest BCUT2D eigenvalue weighted by Crippen LogP contribution is 2.38. The first-order chi connectivity index (χ1) is 18.3. The summed E-state index contributed by atoms with van der Waals surface area (Å²) < 4.78 is 57.1. The third-order valence-corrected chi connectivity index (χ3v) is 7.75. The first-order valence-corrected chi connectivity index (χ1v) is 12.9. The average Bonchev–Trinajstić information content (AvgIpc) is 3.40. The van der Waals surface area contributed by atoms with E-state index in [0.717, 1.165) is 43.0 Å². The van der Waals surface area contributed by atoms with Gasteiger partial charge in [0.2, 0.25) is 17.7 Å². The van der Waals surface area contributed by atoms with Gasteiger partial charge in [-0.3, -0.25) is 4.79 Å². The van der Waals surface area contributed by atoms with Crippen LogP contribution in [0, 0.1) is 5.92 Å². The second-order valence-electron chi connectivity index (χ2n) is 10.0. The monoisotopic (exact) mass is 535 g/mol. The van der Waals surface area contributed by atoms with Crippen molar-refractivity contribution in [1.82, 2.24) is 19.9 Å². The summed E-state index contributed by atoms with van der Waals surface area (Å²) in [5, 5.41) is 0. The molecule has 2 aromatic rings. The summed E-state index contributed by atoms with van der Waals surface area (Å²) in [4.78, 5) is 29.4. The maximum absolute atomic E-state index is 13.5. The number of anilines is 1. The molecule has 0 spiro atoms. The molecule has 206 valence electrons. The van der Waals surface area contributed by atoms with E-state index in [1.165, 1.54) is 19.6 Å². The Hall–Kier alpha value is -3.15. The van der Waals surface area contributed by atoms with Crippen LogP contribution in [0.4, 0.5) is 18.9 Å². The van der Waals surface area contributed by atoms with E-state index >= 15 is 0 Å². The van der Waals surface area contributed by atoms with Gasteiger partial charge in [0.05, 0.1) is 49.4 Å². The molecule has 0 radical (unpaired) electrons. The SMILES string of the molecule is COc1ncc(N2CCc3ncnc(O[C@H]4CCN(C(=O)[C@H]5CC[C@@H](OC)CC5)C4)c3C2)cc1C(F)(F)F. The van der Waals surface area contributed by atoms with Gasteiger partial charge in [-0.2, -0.15) is 13.2 Å². The number of pyridine rings is 1. The number of hydrogen-bond acceptors (Lipinski definition) is 8. The van der Waals surface area contributed by atoms with Gasteiger partial charge in [-0.1, -0.05) is 0 Å². The average molecular weight is 536 g/mol. The van der Waals surface area contributed by atoms with Crippen LogP contribution in [-0.4, -0.2) is 71.8 Å². The number of ether oxygens (including phenoxy) is 3. The minimum absolute atomic E-state index is 0.0280. The quantitative estimate of drug-likeness (QED) is 0.554. The molecule has 9 nitrogen and oxygen atoms in total. The molecule has 3 aliphatic rings. The zero-order valence-corrected chi connectivity index (χ0v) is 21.5. The van der Waals surface area contributed by atoms with Gasteiger partial charge in [-0.25, -0.2) is 15.0 Å². The van der Waals surface area contributed by atoms with Gasteiger partial charge >= 0.3 is 6.18 Å². The summed E-state index contributed by atoms with van der Waals surface area (Å²) in [7, 11) is 2.88. The smallest absolute Gasteiger partial charge is 0.421 e. The predicted molar refractivity (Wildman–Crippen MR) is 131 cm³/mol. The highest BCUT2D eigenvalue weighted by Gasteiger charge is 2.37. The van der Waals surface area contributed by atoms with Gasteiger partial charge in [-0.15, -0.1) is 0 Å². The molecule has 0 bridgehead atoms. The first-order valence-electron chi connectivity index (χ1n) is 12.9. The predicted octanol–water partition coefficient (Wildman–Crippen LogP) is 3.65. The number of carbonyl (C=O) groups is 1. The zero-order valence-electron chi connectivity index (χ0n) is 21.5. The van der Waals surface area contributed by atoms with E-state index in [1.807, 2.05) is 4.90 Å². The van der Waals surface area contributed by atoms with E-state index < -0.39 is 17.6 Å². The summed E-state index contributed by atoms with van der Waals surface area (Å²) in [6.07, 6.45) is 2.98. The minimum Gasteiger partial charge on any atom is -0.481 e. The van der Waals surface area contributed by atoms with E-state index in [9.17, 15) is 18.0 Å². The zero-order chi connectivity index (χ0) is 26.9. The molecule has 2 aliphatic heterocycles. The maximum Gasteiger partial charge on any atom is 0.421 e. The van der Waals surface area contributed by atoms with Crippen molar-refractivity contribution in [2.24, 2.45) is 5.92 Å². The number of fused-ring (bicyclic) bond motifs is 1. The van der Waals surface area contributed by atoms with Crippen LogP contribution in [0.25, 0.3) is 0 Å². The van der Waals surface area contributed by atoms with Gasteiger partial charge in [0.25, 0.3) is 0 Å². The van der Waals surface area contributed by atoms with E-state index in [1.54, 1.807) is 12.0 Å². The molecule has 0 N–H and O–H groups in total. The fourth-order valence-electron chi connectivity index (χ4n) is 5.60. The first kappa shape index (κ1) is 26.5. The number of rotatable bonds is 6. The van der Waals surface area contributed by atoms with Crippen LogP contribution >= 0.6 is 0 Å². The van der Waals surface area contributed by atoms with E-state index in [0.29, 0.717) is 44.0 Å². The Kier molecular flexibility index (Phi) is 7.60. The van der Waals surface area contributed by atoms with Crippen LogP contribution in [0.1, 0.15) is 48.9 Å². The van der Waals surface area contributed by atoms with Gasteiger partial charge in [-0.05, 0) is 31.7 Å². The molecule has 1 amide bonds. The van der Waals surface area contributed by atoms with Crippen molar-refractivity contribution in [3.8, 4) is 11.8 Å². The summed E-state index contributed by atoms with van der Waals surface area (Å²) in [5.41, 5.74) is 0.963. The van der Waals surface area contributed by atoms with Crippen molar-refractivity contribution in [2.45, 2.75) is 63.5 Å². The molecular formula is C26H32F3N5O4. The number of nitrogens with zero attached hydrogens (tertiary/aromatic N) is 5. The van der Waals surface area contributed by atoms with Crippen molar-refractivity contribution in [3.63, 3.8) is 0 Å². The minimum atomic E-state index is -4.59. The Bertz CT molecular complexity index is 1160. The Morgan fingerprint density at radius 1 is 1.00 bits per heavy atom. The summed E-state index contributed by atoms with van der Waals surface area (Å²) >= 11 is 0. The largest absolute Gasteiger partial charge is 0.481 e. The van der Waals surface area contributed by atoms with Gasteiger partial charge in [0, 0.05) is 39.0 Å². The Labute approximate surface area is 219 Å². The van der Waals surface area contributed by atoms with Crippen LogP contribution in [0.3, 0.4) is 0 Å². The lowest BCUT2D eigenvalue weighted by Gasteiger charge is -2.31. The summed E-state index contributed by atoms with van der Waals surface area (Å²) in [6, 6.07) is 1.06. The van der Waals surface area contributed by atoms with Crippen molar-refractivity contribution < 1.29 is 32.2 Å². The van der Waals surface area contributed by atoms with E-state index in [4.69, 9.17) is 14.2 Å². The van der Waals surface area contributed by atoms with Gasteiger partial charge < -0.3 is 24.0 Å². The van der Waals surface area contributed by atoms with Gasteiger partial charge in [0.15, 0.2) is 0 Å². The van der Waals surface area contributed by atoms with Crippen LogP contribution in [0.5, 0.6) is 11.8 Å². The molecule has 1 saturated heterocycles. The number of alkyl halides is 3. The topological polar surface area (TPSA) is 89.9 Å². The molecule has 2 aromatic heterocycles. The number of methoxy groups -OCH3 is 2. The van der Waals surface area contributed by atoms with E-state index in [2.05, 4.69) is 15.0 Å². The lowest BCUT2D eigenvalue weighted by Crippen LogP contribution is -2.38. The number of amides is 1. The molecule has 12 heteroatoms. The molecule has 2 fully saturated rings.